The van der Waals surface area contributed by atoms with E-state index in [1.807, 2.05) is 18.2 Å². The quantitative estimate of drug-likeness (QED) is 0.514. The number of ketones is 1. The smallest absolute Gasteiger partial charge is 0.165 e. The molecule has 1 N–H and O–H groups in total. The number of hydrogen-bond acceptors (Lipinski definition) is 2. The highest BCUT2D eigenvalue weighted by Gasteiger charge is 2.59. The van der Waals surface area contributed by atoms with Crippen LogP contribution in [0.5, 0.6) is 0 Å². The van der Waals surface area contributed by atoms with Crippen LogP contribution in [0, 0.1) is 28.6 Å². The van der Waals surface area contributed by atoms with Gasteiger partial charge in [-0.3, -0.25) is 4.79 Å². The van der Waals surface area contributed by atoms with E-state index in [9.17, 15) is 9.90 Å². The normalized spacial score (nSPS) is 43.9. The second kappa shape index (κ2) is 6.42. The Morgan fingerprint density at radius 3 is 2.54 bits per heavy atom. The van der Waals surface area contributed by atoms with Gasteiger partial charge in [0.2, 0.25) is 0 Å². The Morgan fingerprint density at radius 2 is 1.75 bits per heavy atom. The molecule has 1 aromatic carbocycles. The predicted octanol–water partition coefficient (Wildman–Crippen LogP) is 5.57. The summed E-state index contributed by atoms with van der Waals surface area (Å²) in [6.07, 6.45) is 11.5. The fraction of sp³-hybridized carbons (Fsp3) is 0.577. The van der Waals surface area contributed by atoms with Gasteiger partial charge < -0.3 is 5.11 Å². The van der Waals surface area contributed by atoms with Crippen LogP contribution in [0.3, 0.4) is 0 Å². The fourth-order valence-corrected chi connectivity index (χ4v) is 7.19. The SMILES string of the molecule is C[C@]12CC[C@H](O)CC1=CC[C@H]1[C@H]3CC(=Cc4ccccc4)C(=O)[C@@]3(C)CC[C@@H]12. The lowest BCUT2D eigenvalue weighted by molar-refractivity contribution is -0.130. The van der Waals surface area contributed by atoms with E-state index in [1.54, 1.807) is 0 Å². The molecule has 6 atom stereocenters. The van der Waals surface area contributed by atoms with E-state index in [0.29, 0.717) is 23.5 Å². The van der Waals surface area contributed by atoms with Gasteiger partial charge in [-0.15, -0.1) is 0 Å². The van der Waals surface area contributed by atoms with E-state index >= 15 is 0 Å². The first-order chi connectivity index (χ1) is 13.4. The maximum absolute atomic E-state index is 13.4. The van der Waals surface area contributed by atoms with E-state index in [4.69, 9.17) is 0 Å². The predicted molar refractivity (Wildman–Crippen MR) is 113 cm³/mol. The Balaban J connectivity index is 1.48. The lowest BCUT2D eigenvalue weighted by Crippen LogP contribution is -2.50. The van der Waals surface area contributed by atoms with Crippen LogP contribution in [-0.2, 0) is 4.79 Å². The molecule has 0 saturated heterocycles. The zero-order valence-corrected chi connectivity index (χ0v) is 17.2. The van der Waals surface area contributed by atoms with Gasteiger partial charge in [-0.2, -0.15) is 0 Å². The molecule has 0 aromatic heterocycles. The maximum atomic E-state index is 13.4. The van der Waals surface area contributed by atoms with E-state index in [0.717, 1.165) is 56.1 Å². The summed E-state index contributed by atoms with van der Waals surface area (Å²) >= 11 is 0. The number of aliphatic hydroxyl groups excluding tert-OH is 1. The summed E-state index contributed by atoms with van der Waals surface area (Å²) in [6, 6.07) is 10.3. The molecule has 4 aliphatic carbocycles. The number of rotatable bonds is 1. The van der Waals surface area contributed by atoms with Crippen molar-refractivity contribution < 1.29 is 9.90 Å². The summed E-state index contributed by atoms with van der Waals surface area (Å²) in [4.78, 5) is 13.4. The van der Waals surface area contributed by atoms with E-state index in [1.165, 1.54) is 5.57 Å². The first-order valence-corrected chi connectivity index (χ1v) is 11.1. The van der Waals surface area contributed by atoms with Crippen LogP contribution >= 0.6 is 0 Å². The number of aliphatic hydroxyl groups is 1. The summed E-state index contributed by atoms with van der Waals surface area (Å²) in [5.41, 5.74) is 3.73. The van der Waals surface area contributed by atoms with Crippen molar-refractivity contribution in [2.45, 2.75) is 64.9 Å². The first kappa shape index (κ1) is 18.4. The van der Waals surface area contributed by atoms with Crippen molar-refractivity contribution >= 4 is 11.9 Å². The highest BCUT2D eigenvalue weighted by molar-refractivity contribution is 6.05. The molecule has 4 aliphatic rings. The molecule has 148 valence electrons. The van der Waals surface area contributed by atoms with Crippen LogP contribution in [0.15, 0.2) is 47.6 Å². The number of hydrogen-bond donors (Lipinski definition) is 1. The minimum Gasteiger partial charge on any atom is -0.393 e. The molecule has 1 aromatic rings. The number of allylic oxidation sites excluding steroid dienone is 2. The summed E-state index contributed by atoms with van der Waals surface area (Å²) in [7, 11) is 0. The van der Waals surface area contributed by atoms with Crippen molar-refractivity contribution in [2.75, 3.05) is 0 Å². The van der Waals surface area contributed by atoms with Crippen LogP contribution in [0.1, 0.15) is 64.4 Å². The molecule has 0 unspecified atom stereocenters. The number of fused-ring (bicyclic) bond motifs is 5. The zero-order valence-electron chi connectivity index (χ0n) is 17.2. The van der Waals surface area contributed by atoms with E-state index in [2.05, 4.69) is 38.1 Å². The standard InChI is InChI=1S/C26H32O2/c1-25-12-10-20(27)16-19(25)8-9-21-22(25)11-13-26(2)23(21)15-18(24(26)28)14-17-6-4-3-5-7-17/h3-8,14,20-23,27H,9-13,15-16H2,1-2H3/t20-,21+,22-,23+,25-,26-/m0/s1. The lowest BCUT2D eigenvalue weighted by Gasteiger charge is -2.56. The van der Waals surface area contributed by atoms with E-state index in [-0.39, 0.29) is 16.9 Å². The zero-order chi connectivity index (χ0) is 19.5. The van der Waals surface area contributed by atoms with Gasteiger partial charge in [-0.05, 0) is 85.3 Å². The molecule has 0 aliphatic heterocycles. The Morgan fingerprint density at radius 1 is 1.00 bits per heavy atom. The van der Waals surface area contributed by atoms with Gasteiger partial charge in [0.25, 0.3) is 0 Å². The molecule has 0 radical (unpaired) electrons. The van der Waals surface area contributed by atoms with Crippen molar-refractivity contribution in [3.05, 3.63) is 53.1 Å². The fourth-order valence-electron chi connectivity index (χ4n) is 7.19. The van der Waals surface area contributed by atoms with Crippen LogP contribution < -0.4 is 0 Å². The molecule has 0 bridgehead atoms. The molecule has 0 spiro atoms. The number of carbonyl (C=O) groups is 1. The number of Topliss-reactive ketones (excluding diaryl/α,β-unsaturated/α-hetero) is 1. The number of carbonyl (C=O) groups excluding carboxylic acids is 1. The minimum atomic E-state index is -0.183. The topological polar surface area (TPSA) is 37.3 Å². The van der Waals surface area contributed by atoms with E-state index < -0.39 is 0 Å². The maximum Gasteiger partial charge on any atom is 0.165 e. The molecular weight excluding hydrogens is 344 g/mol. The Kier molecular flexibility index (Phi) is 4.21. The number of benzene rings is 1. The van der Waals surface area contributed by atoms with Gasteiger partial charge in [0.05, 0.1) is 6.10 Å². The van der Waals surface area contributed by atoms with Crippen molar-refractivity contribution in [1.82, 2.24) is 0 Å². The second-order valence-corrected chi connectivity index (χ2v) is 10.2. The van der Waals surface area contributed by atoms with Gasteiger partial charge >= 0.3 is 0 Å². The third kappa shape index (κ3) is 2.60. The molecule has 0 heterocycles. The first-order valence-electron chi connectivity index (χ1n) is 11.1. The highest BCUT2D eigenvalue weighted by Crippen LogP contribution is 2.64. The van der Waals surface area contributed by atoms with Gasteiger partial charge in [0.15, 0.2) is 5.78 Å². The monoisotopic (exact) mass is 376 g/mol. The Labute approximate surface area is 168 Å². The van der Waals surface area contributed by atoms with Gasteiger partial charge in [0.1, 0.15) is 0 Å². The van der Waals surface area contributed by atoms with Crippen LogP contribution in [0.2, 0.25) is 0 Å². The average Bonchev–Trinajstić information content (AvgIpc) is 2.94. The molecule has 28 heavy (non-hydrogen) atoms. The van der Waals surface area contributed by atoms with Crippen molar-refractivity contribution in [1.29, 1.82) is 0 Å². The molecule has 2 nitrogen and oxygen atoms in total. The lowest BCUT2D eigenvalue weighted by atomic mass is 9.48. The summed E-state index contributed by atoms with van der Waals surface area (Å²) in [6.45, 7) is 4.69. The average molecular weight is 377 g/mol. The Hall–Kier alpha value is -1.67. The minimum absolute atomic E-state index is 0.154. The summed E-state index contributed by atoms with van der Waals surface area (Å²) < 4.78 is 0. The molecule has 3 fully saturated rings. The second-order valence-electron chi connectivity index (χ2n) is 10.2. The molecule has 3 saturated carbocycles. The van der Waals surface area contributed by atoms with Crippen LogP contribution in [0.4, 0.5) is 0 Å². The van der Waals surface area contributed by atoms with Crippen LogP contribution in [0.25, 0.3) is 6.08 Å². The molecule has 5 rings (SSSR count). The van der Waals surface area contributed by atoms with Crippen LogP contribution in [-0.4, -0.2) is 17.0 Å². The third-order valence-corrected chi connectivity index (χ3v) is 8.86. The van der Waals surface area contributed by atoms with Gasteiger partial charge in [-0.25, -0.2) is 0 Å². The van der Waals surface area contributed by atoms with Gasteiger partial charge in [-0.1, -0.05) is 55.8 Å². The Bertz CT molecular complexity index is 850. The summed E-state index contributed by atoms with van der Waals surface area (Å²) in [5.74, 6) is 2.14. The largest absolute Gasteiger partial charge is 0.393 e. The van der Waals surface area contributed by atoms with Crippen molar-refractivity contribution in [3.63, 3.8) is 0 Å². The summed E-state index contributed by atoms with van der Waals surface area (Å²) in [5, 5.41) is 10.2. The molecule has 0 amide bonds. The van der Waals surface area contributed by atoms with Crippen molar-refractivity contribution in [3.8, 4) is 0 Å². The van der Waals surface area contributed by atoms with Gasteiger partial charge in [0, 0.05) is 5.41 Å². The third-order valence-electron chi connectivity index (χ3n) is 8.86. The highest BCUT2D eigenvalue weighted by atomic mass is 16.3. The molecular formula is C26H32O2. The van der Waals surface area contributed by atoms with Crippen molar-refractivity contribution in [2.24, 2.45) is 28.6 Å². The molecule has 2 heteroatoms.